The Morgan fingerprint density at radius 3 is 2.75 bits per heavy atom. The molecule has 4 nitrogen and oxygen atoms in total. The number of aryl methyl sites for hydroxylation is 1. The van der Waals surface area contributed by atoms with Gasteiger partial charge in [0.1, 0.15) is 0 Å². The third-order valence-corrected chi connectivity index (χ3v) is 2.37. The molecule has 0 aromatic heterocycles. The van der Waals surface area contributed by atoms with Crippen LogP contribution in [0, 0.1) is 0 Å². The fourth-order valence-electron chi connectivity index (χ4n) is 1.59. The molecule has 16 heavy (non-hydrogen) atoms. The molecule has 4 N–H and O–H groups in total. The highest BCUT2D eigenvalue weighted by atomic mass is 16.3. The quantitative estimate of drug-likeness (QED) is 0.581. The lowest BCUT2D eigenvalue weighted by atomic mass is 10.0. The molecule has 88 valence electrons. The third kappa shape index (κ3) is 4.00. The van der Waals surface area contributed by atoms with E-state index in [-0.39, 0.29) is 12.5 Å². The number of hydrogen-bond donors (Lipinski definition) is 3. The van der Waals surface area contributed by atoms with Gasteiger partial charge in [0.2, 0.25) is 5.91 Å². The molecule has 0 saturated heterocycles. The first-order chi connectivity index (χ1) is 7.75. The normalized spacial score (nSPS) is 10.3. The predicted molar refractivity (Wildman–Crippen MR) is 63.2 cm³/mol. The van der Waals surface area contributed by atoms with E-state index in [9.17, 15) is 4.79 Å². The molecule has 0 fully saturated rings. The Morgan fingerprint density at radius 2 is 2.06 bits per heavy atom. The number of primary amides is 1. The molecular formula is C12H18N2O2. The van der Waals surface area contributed by atoms with Gasteiger partial charge in [0.15, 0.2) is 0 Å². The maximum Gasteiger partial charge on any atom is 0.248 e. The molecule has 0 aliphatic rings. The van der Waals surface area contributed by atoms with Gasteiger partial charge in [-0.1, -0.05) is 18.2 Å². The SMILES string of the molecule is NC(=O)c1ccccc1CCCNCCO. The number of nitrogens with two attached hydrogens (primary N) is 1. The van der Waals surface area contributed by atoms with Gasteiger partial charge in [-0.2, -0.15) is 0 Å². The first kappa shape index (κ1) is 12.7. The van der Waals surface area contributed by atoms with Crippen molar-refractivity contribution in [2.75, 3.05) is 19.7 Å². The molecular weight excluding hydrogens is 204 g/mol. The number of rotatable bonds is 7. The minimum atomic E-state index is -0.376. The van der Waals surface area contributed by atoms with Crippen molar-refractivity contribution >= 4 is 5.91 Å². The Bertz CT molecular complexity index is 340. The fourth-order valence-corrected chi connectivity index (χ4v) is 1.59. The molecule has 4 heteroatoms. The van der Waals surface area contributed by atoms with Crippen LogP contribution in [-0.2, 0) is 6.42 Å². The number of benzene rings is 1. The van der Waals surface area contributed by atoms with E-state index in [0.29, 0.717) is 12.1 Å². The number of carbonyl (C=O) groups excluding carboxylic acids is 1. The Hall–Kier alpha value is -1.39. The van der Waals surface area contributed by atoms with Crippen molar-refractivity contribution in [3.8, 4) is 0 Å². The molecule has 0 spiro atoms. The lowest BCUT2D eigenvalue weighted by molar-refractivity contribution is 0.0999. The van der Waals surface area contributed by atoms with Gasteiger partial charge in [-0.3, -0.25) is 4.79 Å². The van der Waals surface area contributed by atoms with Gasteiger partial charge in [-0.05, 0) is 31.0 Å². The number of amides is 1. The average Bonchev–Trinajstić information content (AvgIpc) is 2.29. The summed E-state index contributed by atoms with van der Waals surface area (Å²) in [6, 6.07) is 7.39. The number of aliphatic hydroxyl groups excluding tert-OH is 1. The van der Waals surface area contributed by atoms with E-state index in [0.717, 1.165) is 24.9 Å². The Kier molecular flexibility index (Phi) is 5.53. The molecule has 0 radical (unpaired) electrons. The van der Waals surface area contributed by atoms with Gasteiger partial charge in [-0.25, -0.2) is 0 Å². The van der Waals surface area contributed by atoms with E-state index in [1.54, 1.807) is 6.07 Å². The molecule has 0 bridgehead atoms. The molecule has 1 aromatic rings. The Morgan fingerprint density at radius 1 is 1.31 bits per heavy atom. The second-order valence-corrected chi connectivity index (χ2v) is 3.60. The summed E-state index contributed by atoms with van der Waals surface area (Å²) in [5.41, 5.74) is 6.87. The molecule has 0 heterocycles. The van der Waals surface area contributed by atoms with Crippen molar-refractivity contribution in [3.05, 3.63) is 35.4 Å². The maximum atomic E-state index is 11.1. The van der Waals surface area contributed by atoms with Gasteiger partial charge in [0.25, 0.3) is 0 Å². The Balaban J connectivity index is 2.44. The van der Waals surface area contributed by atoms with Crippen molar-refractivity contribution in [1.82, 2.24) is 5.32 Å². The van der Waals surface area contributed by atoms with Crippen molar-refractivity contribution in [2.24, 2.45) is 5.73 Å². The van der Waals surface area contributed by atoms with Crippen molar-refractivity contribution in [3.63, 3.8) is 0 Å². The largest absolute Gasteiger partial charge is 0.395 e. The zero-order valence-electron chi connectivity index (χ0n) is 9.28. The van der Waals surface area contributed by atoms with E-state index >= 15 is 0 Å². The fraction of sp³-hybridized carbons (Fsp3) is 0.417. The van der Waals surface area contributed by atoms with Crippen LogP contribution in [0.5, 0.6) is 0 Å². The van der Waals surface area contributed by atoms with Crippen LogP contribution in [-0.4, -0.2) is 30.7 Å². The van der Waals surface area contributed by atoms with Gasteiger partial charge in [0, 0.05) is 12.1 Å². The zero-order valence-corrected chi connectivity index (χ0v) is 9.28. The van der Waals surface area contributed by atoms with Crippen LogP contribution in [0.3, 0.4) is 0 Å². The number of aliphatic hydroxyl groups is 1. The van der Waals surface area contributed by atoms with Crippen LogP contribution in [0.2, 0.25) is 0 Å². The van der Waals surface area contributed by atoms with Crippen LogP contribution in [0.4, 0.5) is 0 Å². The van der Waals surface area contributed by atoms with E-state index in [1.807, 2.05) is 18.2 Å². The molecule has 1 aromatic carbocycles. The second-order valence-electron chi connectivity index (χ2n) is 3.60. The summed E-state index contributed by atoms with van der Waals surface area (Å²) in [5, 5.41) is 11.7. The van der Waals surface area contributed by atoms with E-state index in [4.69, 9.17) is 10.8 Å². The van der Waals surface area contributed by atoms with Gasteiger partial charge in [0.05, 0.1) is 6.61 Å². The standard InChI is InChI=1S/C12H18N2O2/c13-12(16)11-6-2-1-4-10(11)5-3-7-14-8-9-15/h1-2,4,6,14-15H,3,5,7-9H2,(H2,13,16). The van der Waals surface area contributed by atoms with Crippen LogP contribution in [0.1, 0.15) is 22.3 Å². The monoisotopic (exact) mass is 222 g/mol. The Labute approximate surface area is 95.5 Å². The topological polar surface area (TPSA) is 75.4 Å². The first-order valence-corrected chi connectivity index (χ1v) is 5.45. The maximum absolute atomic E-state index is 11.1. The number of carbonyl (C=O) groups is 1. The summed E-state index contributed by atoms with van der Waals surface area (Å²) in [6.07, 6.45) is 1.74. The average molecular weight is 222 g/mol. The highest BCUT2D eigenvalue weighted by Crippen LogP contribution is 2.09. The molecule has 1 rings (SSSR count). The number of hydrogen-bond acceptors (Lipinski definition) is 3. The van der Waals surface area contributed by atoms with Crippen molar-refractivity contribution in [2.45, 2.75) is 12.8 Å². The predicted octanol–water partition coefficient (Wildman–Crippen LogP) is 0.300. The van der Waals surface area contributed by atoms with Crippen LogP contribution >= 0.6 is 0 Å². The summed E-state index contributed by atoms with van der Waals surface area (Å²) in [5.74, 6) is -0.376. The summed E-state index contributed by atoms with van der Waals surface area (Å²) in [6.45, 7) is 1.59. The first-order valence-electron chi connectivity index (χ1n) is 5.45. The van der Waals surface area contributed by atoms with Crippen LogP contribution in [0.25, 0.3) is 0 Å². The van der Waals surface area contributed by atoms with Gasteiger partial charge in [-0.15, -0.1) is 0 Å². The third-order valence-electron chi connectivity index (χ3n) is 2.37. The minimum Gasteiger partial charge on any atom is -0.395 e. The lowest BCUT2D eigenvalue weighted by Gasteiger charge is -2.06. The molecule has 0 aliphatic heterocycles. The molecule has 1 amide bonds. The lowest BCUT2D eigenvalue weighted by Crippen LogP contribution is -2.20. The molecule has 0 saturated carbocycles. The van der Waals surface area contributed by atoms with E-state index in [2.05, 4.69) is 5.32 Å². The number of nitrogens with one attached hydrogen (secondary N) is 1. The van der Waals surface area contributed by atoms with Crippen LogP contribution < -0.4 is 11.1 Å². The summed E-state index contributed by atoms with van der Waals surface area (Å²) >= 11 is 0. The molecule has 0 aliphatic carbocycles. The zero-order chi connectivity index (χ0) is 11.8. The van der Waals surface area contributed by atoms with E-state index in [1.165, 1.54) is 0 Å². The van der Waals surface area contributed by atoms with Crippen molar-refractivity contribution in [1.29, 1.82) is 0 Å². The highest BCUT2D eigenvalue weighted by molar-refractivity contribution is 5.94. The highest BCUT2D eigenvalue weighted by Gasteiger charge is 2.05. The van der Waals surface area contributed by atoms with Gasteiger partial charge >= 0.3 is 0 Å². The summed E-state index contributed by atoms with van der Waals surface area (Å²) in [7, 11) is 0. The van der Waals surface area contributed by atoms with Crippen molar-refractivity contribution < 1.29 is 9.90 Å². The summed E-state index contributed by atoms with van der Waals surface area (Å²) in [4.78, 5) is 11.1. The minimum absolute atomic E-state index is 0.151. The van der Waals surface area contributed by atoms with E-state index < -0.39 is 0 Å². The molecule has 0 atom stereocenters. The second kappa shape index (κ2) is 6.98. The summed E-state index contributed by atoms with van der Waals surface area (Å²) < 4.78 is 0. The van der Waals surface area contributed by atoms with Crippen LogP contribution in [0.15, 0.2) is 24.3 Å². The molecule has 0 unspecified atom stereocenters. The smallest absolute Gasteiger partial charge is 0.248 e. The van der Waals surface area contributed by atoms with Gasteiger partial charge < -0.3 is 16.2 Å².